The van der Waals surface area contributed by atoms with Crippen LogP contribution in [-0.4, -0.2) is 29.5 Å². The van der Waals surface area contributed by atoms with Gasteiger partial charge in [0.1, 0.15) is 5.69 Å². The third-order valence-corrected chi connectivity index (χ3v) is 7.47. The van der Waals surface area contributed by atoms with Crippen LogP contribution in [0.4, 0.5) is 0 Å². The van der Waals surface area contributed by atoms with Gasteiger partial charge in [-0.1, -0.05) is 18.2 Å². The Balaban J connectivity index is 1.18. The van der Waals surface area contributed by atoms with Crippen molar-refractivity contribution in [1.82, 2.24) is 10.3 Å². The topological polar surface area (TPSA) is 71.2 Å². The number of amides is 1. The number of fused-ring (bicyclic) bond motifs is 1. The average Bonchev–Trinajstić information content (AvgIpc) is 3.09. The van der Waals surface area contributed by atoms with Crippen molar-refractivity contribution in [2.24, 2.45) is 23.2 Å². The van der Waals surface area contributed by atoms with Crippen LogP contribution in [0.15, 0.2) is 30.3 Å². The summed E-state index contributed by atoms with van der Waals surface area (Å²) >= 11 is 0. The molecule has 1 aromatic heterocycles. The van der Waals surface area contributed by atoms with E-state index < -0.39 is 5.97 Å². The highest BCUT2D eigenvalue weighted by Crippen LogP contribution is 2.61. The Morgan fingerprint density at radius 2 is 1.79 bits per heavy atom. The Hall–Kier alpha value is -2.30. The van der Waals surface area contributed by atoms with Crippen LogP contribution in [0.25, 0.3) is 10.9 Å². The van der Waals surface area contributed by atoms with E-state index in [9.17, 15) is 9.59 Å². The van der Waals surface area contributed by atoms with Crippen molar-refractivity contribution in [3.63, 3.8) is 0 Å². The van der Waals surface area contributed by atoms with Gasteiger partial charge in [0.05, 0.1) is 0 Å². The number of aromatic nitrogens is 1. The summed E-state index contributed by atoms with van der Waals surface area (Å²) in [6.07, 6.45) is 7.91. The molecule has 0 aliphatic heterocycles. The second-order valence-corrected chi connectivity index (χ2v) is 9.42. The van der Waals surface area contributed by atoms with Gasteiger partial charge in [0.15, 0.2) is 6.61 Å². The van der Waals surface area contributed by atoms with Gasteiger partial charge in [0, 0.05) is 16.9 Å². The average molecular weight is 380 g/mol. The number of benzene rings is 1. The summed E-state index contributed by atoms with van der Waals surface area (Å²) in [6, 6.07) is 9.57. The molecule has 4 fully saturated rings. The van der Waals surface area contributed by atoms with Gasteiger partial charge in [-0.05, 0) is 80.8 Å². The van der Waals surface area contributed by atoms with E-state index in [0.717, 1.165) is 28.7 Å². The van der Waals surface area contributed by atoms with Gasteiger partial charge in [-0.2, -0.15) is 0 Å². The lowest BCUT2D eigenvalue weighted by molar-refractivity contribution is -0.128. The van der Waals surface area contributed by atoms with Gasteiger partial charge in [-0.15, -0.1) is 0 Å². The minimum absolute atomic E-state index is 0.139. The minimum Gasteiger partial charge on any atom is -0.451 e. The molecule has 0 radical (unpaired) electrons. The van der Waals surface area contributed by atoms with E-state index in [0.29, 0.717) is 5.69 Å². The van der Waals surface area contributed by atoms with E-state index in [1.165, 1.54) is 38.5 Å². The van der Waals surface area contributed by atoms with Crippen LogP contribution in [-0.2, 0) is 9.53 Å². The zero-order valence-corrected chi connectivity index (χ0v) is 16.4. The number of carbonyl (C=O) groups excluding carboxylic acids is 2. The summed E-state index contributed by atoms with van der Waals surface area (Å²) in [7, 11) is 0. The normalized spacial score (nSPS) is 31.7. The van der Waals surface area contributed by atoms with Crippen molar-refractivity contribution in [1.29, 1.82) is 0 Å². The van der Waals surface area contributed by atoms with Crippen molar-refractivity contribution in [2.75, 3.05) is 6.61 Å². The Morgan fingerprint density at radius 1 is 1.14 bits per heavy atom. The van der Waals surface area contributed by atoms with E-state index in [1.54, 1.807) is 6.07 Å². The SMILES string of the molecule is C[C@H](NC(=O)COC(=O)c1cc2ccccc2[nH]1)C12CC3CC(CC(C3)C1)C2. The van der Waals surface area contributed by atoms with Crippen molar-refractivity contribution in [2.45, 2.75) is 51.5 Å². The van der Waals surface area contributed by atoms with Gasteiger partial charge < -0.3 is 15.0 Å². The van der Waals surface area contributed by atoms with Gasteiger partial charge in [0.25, 0.3) is 5.91 Å². The summed E-state index contributed by atoms with van der Waals surface area (Å²) in [4.78, 5) is 27.8. The molecule has 2 N–H and O–H groups in total. The minimum atomic E-state index is -0.492. The number of carbonyl (C=O) groups is 2. The molecule has 4 aliphatic rings. The third kappa shape index (κ3) is 3.11. The first-order valence-electron chi connectivity index (χ1n) is 10.5. The second kappa shape index (κ2) is 6.64. The zero-order valence-electron chi connectivity index (χ0n) is 16.4. The van der Waals surface area contributed by atoms with Gasteiger partial charge in [-0.25, -0.2) is 4.79 Å². The summed E-state index contributed by atoms with van der Waals surface area (Å²) < 4.78 is 5.26. The molecular weight excluding hydrogens is 352 g/mol. The number of H-pyrrole nitrogens is 1. The van der Waals surface area contributed by atoms with E-state index in [4.69, 9.17) is 4.74 Å². The fourth-order valence-corrected chi connectivity index (χ4v) is 6.54. The molecule has 1 atom stereocenters. The van der Waals surface area contributed by atoms with Crippen molar-refractivity contribution < 1.29 is 14.3 Å². The lowest BCUT2D eigenvalue weighted by Gasteiger charge is -2.59. The van der Waals surface area contributed by atoms with E-state index in [-0.39, 0.29) is 24.0 Å². The van der Waals surface area contributed by atoms with Crippen LogP contribution < -0.4 is 5.32 Å². The Kier molecular flexibility index (Phi) is 4.22. The number of aromatic amines is 1. The molecule has 28 heavy (non-hydrogen) atoms. The van der Waals surface area contributed by atoms with Crippen molar-refractivity contribution >= 4 is 22.8 Å². The molecule has 6 rings (SSSR count). The molecular formula is C23H28N2O3. The zero-order chi connectivity index (χ0) is 19.3. The molecule has 0 unspecified atom stereocenters. The predicted molar refractivity (Wildman–Crippen MR) is 107 cm³/mol. The highest BCUT2D eigenvalue weighted by Gasteiger charge is 2.53. The maximum atomic E-state index is 12.5. The van der Waals surface area contributed by atoms with E-state index in [2.05, 4.69) is 17.2 Å². The Labute approximate surface area is 165 Å². The van der Waals surface area contributed by atoms with E-state index >= 15 is 0 Å². The van der Waals surface area contributed by atoms with Crippen LogP contribution >= 0.6 is 0 Å². The first-order valence-corrected chi connectivity index (χ1v) is 10.5. The smallest absolute Gasteiger partial charge is 0.355 e. The number of hydrogen-bond donors (Lipinski definition) is 2. The molecule has 1 heterocycles. The summed E-state index contributed by atoms with van der Waals surface area (Å²) in [5.41, 5.74) is 1.52. The molecule has 0 saturated heterocycles. The van der Waals surface area contributed by atoms with Gasteiger partial charge in [-0.3, -0.25) is 4.79 Å². The van der Waals surface area contributed by atoms with Crippen LogP contribution in [0.1, 0.15) is 55.9 Å². The number of nitrogens with one attached hydrogen (secondary N) is 2. The standard InChI is InChI=1S/C23H28N2O3/c1-14(23-10-15-6-16(11-23)8-17(7-15)12-23)24-21(26)13-28-22(27)20-9-18-4-2-3-5-19(18)25-20/h2-5,9,14-17,25H,6-8,10-13H2,1H3,(H,24,26)/t14-,15?,16?,17?,23?/m0/s1. The fourth-order valence-electron chi connectivity index (χ4n) is 6.54. The lowest BCUT2D eigenvalue weighted by atomic mass is 9.48. The van der Waals surface area contributed by atoms with Crippen molar-refractivity contribution in [3.05, 3.63) is 36.0 Å². The third-order valence-electron chi connectivity index (χ3n) is 7.47. The number of esters is 1. The van der Waals surface area contributed by atoms with E-state index in [1.807, 2.05) is 24.3 Å². The molecule has 1 aromatic carbocycles. The highest BCUT2D eigenvalue weighted by atomic mass is 16.5. The summed E-state index contributed by atoms with van der Waals surface area (Å²) in [6.45, 7) is 1.91. The monoisotopic (exact) mass is 380 g/mol. The summed E-state index contributed by atoms with van der Waals surface area (Å²) in [5.74, 6) is 1.86. The molecule has 0 spiro atoms. The van der Waals surface area contributed by atoms with Crippen LogP contribution in [0.3, 0.4) is 0 Å². The van der Waals surface area contributed by atoms with Gasteiger partial charge in [0.2, 0.25) is 0 Å². The molecule has 1 amide bonds. The lowest BCUT2D eigenvalue weighted by Crippen LogP contribution is -2.56. The number of para-hydroxylation sites is 1. The quantitative estimate of drug-likeness (QED) is 0.769. The molecule has 4 saturated carbocycles. The maximum absolute atomic E-state index is 12.5. The number of ether oxygens (including phenoxy) is 1. The number of hydrogen-bond acceptors (Lipinski definition) is 3. The first-order chi connectivity index (χ1) is 13.5. The Bertz CT molecular complexity index is 847. The predicted octanol–water partition coefficient (Wildman–Crippen LogP) is 4.05. The molecule has 2 aromatic rings. The van der Waals surface area contributed by atoms with Crippen LogP contribution in [0.5, 0.6) is 0 Å². The van der Waals surface area contributed by atoms with Gasteiger partial charge >= 0.3 is 5.97 Å². The molecule has 148 valence electrons. The largest absolute Gasteiger partial charge is 0.451 e. The Morgan fingerprint density at radius 3 is 2.43 bits per heavy atom. The number of rotatable bonds is 5. The highest BCUT2D eigenvalue weighted by molar-refractivity contribution is 5.95. The molecule has 5 heteroatoms. The molecule has 4 aliphatic carbocycles. The second-order valence-electron chi connectivity index (χ2n) is 9.42. The van der Waals surface area contributed by atoms with Crippen LogP contribution in [0, 0.1) is 23.2 Å². The molecule has 5 nitrogen and oxygen atoms in total. The van der Waals surface area contributed by atoms with Crippen molar-refractivity contribution in [3.8, 4) is 0 Å². The maximum Gasteiger partial charge on any atom is 0.355 e. The fraction of sp³-hybridized carbons (Fsp3) is 0.565. The first kappa shape index (κ1) is 17.8. The molecule has 4 bridgehead atoms. The van der Waals surface area contributed by atoms with Crippen LogP contribution in [0.2, 0.25) is 0 Å². The summed E-state index contributed by atoms with van der Waals surface area (Å²) in [5, 5.41) is 4.10.